The Balaban J connectivity index is 2.37. The van der Waals surface area contributed by atoms with Crippen LogP contribution in [0.1, 0.15) is 13.3 Å². The minimum Gasteiger partial charge on any atom is -0.305 e. The highest BCUT2D eigenvalue weighted by Crippen LogP contribution is 1.92. The van der Waals surface area contributed by atoms with Gasteiger partial charge in [0.15, 0.2) is 0 Å². The van der Waals surface area contributed by atoms with Gasteiger partial charge in [0.25, 0.3) is 0 Å². The molecule has 0 spiro atoms. The van der Waals surface area contributed by atoms with Crippen molar-refractivity contribution in [3.05, 3.63) is 0 Å². The third-order valence-corrected chi connectivity index (χ3v) is 1.13. The van der Waals surface area contributed by atoms with E-state index in [-0.39, 0.29) is 0 Å². The van der Waals surface area contributed by atoms with Crippen molar-refractivity contribution in [1.29, 1.82) is 0 Å². The predicted molar refractivity (Wildman–Crippen MR) is 33.5 cm³/mol. The smallest absolute Gasteiger partial charge is 0.112 e. The van der Waals surface area contributed by atoms with E-state index in [9.17, 15) is 0 Å². The van der Waals surface area contributed by atoms with E-state index in [4.69, 9.17) is 0 Å². The van der Waals surface area contributed by atoms with Gasteiger partial charge < -0.3 is 5.43 Å². The first-order valence-electron chi connectivity index (χ1n) is 2.84. The number of aliphatic imine (C=N–C) groups is 1. The number of rotatable bonds is 1. The maximum atomic E-state index is 4.17. The Morgan fingerprint density at radius 2 is 2.62 bits per heavy atom. The normalized spacial score (nSPS) is 20.5. The zero-order chi connectivity index (χ0) is 5.98. The molecule has 1 heterocycles. The fourth-order valence-corrected chi connectivity index (χ4v) is 0.673. The molecule has 0 unspecified atom stereocenters. The zero-order valence-corrected chi connectivity index (χ0v) is 5.31. The first kappa shape index (κ1) is 5.56. The highest BCUT2D eigenvalue weighted by Gasteiger charge is 2.05. The summed E-state index contributed by atoms with van der Waals surface area (Å²) >= 11 is 0. The van der Waals surface area contributed by atoms with Gasteiger partial charge in [0.05, 0.1) is 0 Å². The monoisotopic (exact) mass is 113 g/mol. The van der Waals surface area contributed by atoms with Crippen LogP contribution in [0.3, 0.4) is 0 Å². The lowest BCUT2D eigenvalue weighted by Crippen LogP contribution is -2.31. The van der Waals surface area contributed by atoms with Gasteiger partial charge in [-0.05, 0) is 0 Å². The molecule has 1 aliphatic rings. The number of amidine groups is 1. The Bertz CT molecular complexity index is 108. The van der Waals surface area contributed by atoms with Crippen LogP contribution in [0.15, 0.2) is 4.99 Å². The SMILES string of the molecule is CCC1=NCN(C)N1. The van der Waals surface area contributed by atoms with Gasteiger partial charge in [-0.3, -0.25) is 4.99 Å². The van der Waals surface area contributed by atoms with Crippen molar-refractivity contribution in [1.82, 2.24) is 10.4 Å². The Hall–Kier alpha value is -0.570. The summed E-state index contributed by atoms with van der Waals surface area (Å²) in [6.07, 6.45) is 1.00. The number of nitrogens with one attached hydrogen (secondary N) is 1. The Morgan fingerprint density at radius 3 is 2.88 bits per heavy atom. The molecular formula is C5H11N3. The summed E-state index contributed by atoms with van der Waals surface area (Å²) in [4.78, 5) is 4.17. The average Bonchev–Trinajstić information content (AvgIpc) is 2.14. The van der Waals surface area contributed by atoms with Crippen molar-refractivity contribution in [2.45, 2.75) is 13.3 Å². The molecule has 0 aromatic rings. The molecule has 1 N–H and O–H groups in total. The zero-order valence-electron chi connectivity index (χ0n) is 5.31. The lowest BCUT2D eigenvalue weighted by Gasteiger charge is -2.06. The molecule has 8 heavy (non-hydrogen) atoms. The van der Waals surface area contributed by atoms with E-state index in [2.05, 4.69) is 17.3 Å². The first-order valence-corrected chi connectivity index (χ1v) is 2.84. The first-order chi connectivity index (χ1) is 3.83. The Labute approximate surface area is 49.4 Å². The van der Waals surface area contributed by atoms with Crippen LogP contribution in [0.4, 0.5) is 0 Å². The van der Waals surface area contributed by atoms with Crippen molar-refractivity contribution in [2.24, 2.45) is 4.99 Å². The number of hydrogen-bond acceptors (Lipinski definition) is 3. The number of hydrazine groups is 1. The fourth-order valence-electron chi connectivity index (χ4n) is 0.673. The lowest BCUT2D eigenvalue weighted by atomic mass is 10.5. The van der Waals surface area contributed by atoms with Crippen LogP contribution in [0, 0.1) is 0 Å². The number of hydrogen-bond donors (Lipinski definition) is 1. The second-order valence-electron chi connectivity index (χ2n) is 1.91. The summed E-state index contributed by atoms with van der Waals surface area (Å²) in [5.74, 6) is 1.09. The maximum absolute atomic E-state index is 4.17. The highest BCUT2D eigenvalue weighted by atomic mass is 15.6. The van der Waals surface area contributed by atoms with Crippen LogP contribution in [-0.4, -0.2) is 24.6 Å². The molecule has 0 aromatic carbocycles. The molecule has 0 fully saturated rings. The highest BCUT2D eigenvalue weighted by molar-refractivity contribution is 5.82. The molecule has 3 nitrogen and oxygen atoms in total. The Kier molecular flexibility index (Phi) is 1.48. The maximum Gasteiger partial charge on any atom is 0.112 e. The second kappa shape index (κ2) is 2.13. The molecule has 1 aliphatic heterocycles. The quantitative estimate of drug-likeness (QED) is 0.526. The van der Waals surface area contributed by atoms with Gasteiger partial charge in [0.1, 0.15) is 12.5 Å². The predicted octanol–water partition coefficient (Wildman–Crippen LogP) is 0.202. The van der Waals surface area contributed by atoms with E-state index in [1.807, 2.05) is 12.1 Å². The summed E-state index contributed by atoms with van der Waals surface area (Å²) in [5, 5.41) is 1.96. The number of nitrogens with zero attached hydrogens (tertiary/aromatic N) is 2. The topological polar surface area (TPSA) is 27.6 Å². The molecule has 0 aromatic heterocycles. The molecule has 0 atom stereocenters. The van der Waals surface area contributed by atoms with Crippen molar-refractivity contribution >= 4 is 5.84 Å². The van der Waals surface area contributed by atoms with E-state index in [0.29, 0.717) is 0 Å². The van der Waals surface area contributed by atoms with Crippen LogP contribution in [0.25, 0.3) is 0 Å². The van der Waals surface area contributed by atoms with E-state index in [1.165, 1.54) is 0 Å². The summed E-state index contributed by atoms with van der Waals surface area (Å²) < 4.78 is 0. The molecule has 46 valence electrons. The second-order valence-corrected chi connectivity index (χ2v) is 1.91. The van der Waals surface area contributed by atoms with Gasteiger partial charge in [-0.15, -0.1) is 0 Å². The molecule has 0 aliphatic carbocycles. The van der Waals surface area contributed by atoms with Crippen molar-refractivity contribution in [2.75, 3.05) is 13.7 Å². The molecule has 0 radical (unpaired) electrons. The Morgan fingerprint density at radius 1 is 1.88 bits per heavy atom. The van der Waals surface area contributed by atoms with E-state index in [1.54, 1.807) is 0 Å². The van der Waals surface area contributed by atoms with Crippen LogP contribution in [0.2, 0.25) is 0 Å². The molecule has 0 amide bonds. The van der Waals surface area contributed by atoms with Crippen molar-refractivity contribution < 1.29 is 0 Å². The minimum absolute atomic E-state index is 0.795. The molecule has 0 saturated heterocycles. The van der Waals surface area contributed by atoms with Gasteiger partial charge in [-0.2, -0.15) is 0 Å². The van der Waals surface area contributed by atoms with Gasteiger partial charge >= 0.3 is 0 Å². The van der Waals surface area contributed by atoms with E-state index < -0.39 is 0 Å². The van der Waals surface area contributed by atoms with E-state index >= 15 is 0 Å². The van der Waals surface area contributed by atoms with Crippen LogP contribution < -0.4 is 5.43 Å². The summed E-state index contributed by atoms with van der Waals surface area (Å²) in [7, 11) is 1.98. The average molecular weight is 113 g/mol. The molecule has 0 bridgehead atoms. The molecule has 0 saturated carbocycles. The van der Waals surface area contributed by atoms with Crippen LogP contribution in [-0.2, 0) is 0 Å². The summed E-state index contributed by atoms with van der Waals surface area (Å²) in [6, 6.07) is 0. The molecule has 3 heteroatoms. The van der Waals surface area contributed by atoms with Crippen molar-refractivity contribution in [3.8, 4) is 0 Å². The van der Waals surface area contributed by atoms with Crippen LogP contribution in [0.5, 0.6) is 0 Å². The largest absolute Gasteiger partial charge is 0.305 e. The third-order valence-electron chi connectivity index (χ3n) is 1.13. The fraction of sp³-hybridized carbons (Fsp3) is 0.800. The van der Waals surface area contributed by atoms with Crippen molar-refractivity contribution in [3.63, 3.8) is 0 Å². The minimum atomic E-state index is 0.795. The van der Waals surface area contributed by atoms with Gasteiger partial charge in [-0.1, -0.05) is 6.92 Å². The lowest BCUT2D eigenvalue weighted by molar-refractivity contribution is 0.330. The van der Waals surface area contributed by atoms with Crippen LogP contribution >= 0.6 is 0 Å². The van der Waals surface area contributed by atoms with E-state index in [0.717, 1.165) is 18.9 Å². The summed E-state index contributed by atoms with van der Waals surface area (Å²) in [6.45, 7) is 2.88. The van der Waals surface area contributed by atoms with Gasteiger partial charge in [-0.25, -0.2) is 5.01 Å². The van der Waals surface area contributed by atoms with Gasteiger partial charge in [0.2, 0.25) is 0 Å². The third kappa shape index (κ3) is 0.980. The summed E-state index contributed by atoms with van der Waals surface area (Å²) in [5.41, 5.74) is 3.09. The molecule has 1 rings (SSSR count). The standard InChI is InChI=1S/C5H11N3/c1-3-5-6-4-8(2)7-5/h3-4H2,1-2H3,(H,6,7). The molecular weight excluding hydrogens is 102 g/mol. The van der Waals surface area contributed by atoms with Gasteiger partial charge in [0, 0.05) is 13.5 Å².